The Hall–Kier alpha value is -2.82. The minimum absolute atomic E-state index is 0.240. The molecule has 0 radical (unpaired) electrons. The number of nitrogens with zero attached hydrogens (tertiary/aromatic N) is 2. The first-order chi connectivity index (χ1) is 11.1. The Morgan fingerprint density at radius 3 is 2.61 bits per heavy atom. The van der Waals surface area contributed by atoms with Crippen LogP contribution in [0.3, 0.4) is 0 Å². The molecule has 0 saturated heterocycles. The molecule has 1 N–H and O–H groups in total. The molecular formula is C18H21N3O2. The van der Waals surface area contributed by atoms with Gasteiger partial charge in [0.2, 0.25) is 0 Å². The number of carbonyl (C=O) groups is 1. The van der Waals surface area contributed by atoms with Gasteiger partial charge in [-0.05, 0) is 55.0 Å². The molecule has 0 aromatic heterocycles. The largest absolute Gasteiger partial charge is 0.494 e. The van der Waals surface area contributed by atoms with Crippen molar-refractivity contribution in [3.05, 3.63) is 59.7 Å². The first kappa shape index (κ1) is 16.5. The van der Waals surface area contributed by atoms with Crippen LogP contribution in [0.25, 0.3) is 0 Å². The number of carbonyl (C=O) groups excluding carboxylic acids is 1. The van der Waals surface area contributed by atoms with Crippen molar-refractivity contribution in [3.8, 4) is 5.75 Å². The molecule has 5 nitrogen and oxygen atoms in total. The average Bonchev–Trinajstić information content (AvgIpc) is 2.56. The molecule has 0 aliphatic carbocycles. The summed E-state index contributed by atoms with van der Waals surface area (Å²) in [5.74, 6) is 0.574. The van der Waals surface area contributed by atoms with Crippen molar-refractivity contribution in [2.45, 2.75) is 6.92 Å². The van der Waals surface area contributed by atoms with Crippen molar-refractivity contribution < 1.29 is 9.53 Å². The van der Waals surface area contributed by atoms with E-state index in [1.165, 1.54) is 0 Å². The summed E-state index contributed by atoms with van der Waals surface area (Å²) in [4.78, 5) is 14.0. The zero-order valence-corrected chi connectivity index (χ0v) is 13.6. The van der Waals surface area contributed by atoms with E-state index in [0.29, 0.717) is 12.2 Å². The summed E-state index contributed by atoms with van der Waals surface area (Å²) in [7, 11) is 3.86. The normalized spacial score (nSPS) is 10.6. The summed E-state index contributed by atoms with van der Waals surface area (Å²) in [6, 6.07) is 14.9. The van der Waals surface area contributed by atoms with Gasteiger partial charge in [-0.15, -0.1) is 0 Å². The number of benzene rings is 2. The fourth-order valence-electron chi connectivity index (χ4n) is 1.97. The molecule has 2 aromatic rings. The molecule has 2 rings (SSSR count). The van der Waals surface area contributed by atoms with Gasteiger partial charge < -0.3 is 9.64 Å². The predicted molar refractivity (Wildman–Crippen MR) is 93.4 cm³/mol. The van der Waals surface area contributed by atoms with Gasteiger partial charge >= 0.3 is 0 Å². The number of ether oxygens (including phenoxy) is 1. The maximum absolute atomic E-state index is 12.1. The number of amides is 1. The minimum atomic E-state index is -0.240. The summed E-state index contributed by atoms with van der Waals surface area (Å²) in [6.45, 7) is 2.58. The summed E-state index contributed by atoms with van der Waals surface area (Å²) in [6.07, 6.45) is 1.60. The van der Waals surface area contributed by atoms with E-state index in [2.05, 4.69) is 10.5 Å². The molecule has 1 amide bonds. The number of anilines is 1. The van der Waals surface area contributed by atoms with E-state index < -0.39 is 0 Å². The van der Waals surface area contributed by atoms with Crippen LogP contribution in [0.2, 0.25) is 0 Å². The second-order valence-electron chi connectivity index (χ2n) is 5.15. The van der Waals surface area contributed by atoms with Crippen LogP contribution in [-0.2, 0) is 0 Å². The zero-order valence-electron chi connectivity index (χ0n) is 13.6. The molecule has 0 atom stereocenters. The maximum Gasteiger partial charge on any atom is 0.271 e. The van der Waals surface area contributed by atoms with Crippen LogP contribution in [0.5, 0.6) is 5.75 Å². The predicted octanol–water partition coefficient (Wildman–Crippen LogP) is 2.92. The maximum atomic E-state index is 12.1. The van der Waals surface area contributed by atoms with Crippen LogP contribution < -0.4 is 15.1 Å². The lowest BCUT2D eigenvalue weighted by Gasteiger charge is -2.12. The number of hydrogen-bond donors (Lipinski definition) is 1. The molecule has 0 fully saturated rings. The van der Waals surface area contributed by atoms with E-state index in [0.717, 1.165) is 17.0 Å². The molecule has 0 aliphatic heterocycles. The Morgan fingerprint density at radius 2 is 1.96 bits per heavy atom. The first-order valence-corrected chi connectivity index (χ1v) is 7.44. The van der Waals surface area contributed by atoms with Crippen molar-refractivity contribution >= 4 is 17.8 Å². The van der Waals surface area contributed by atoms with Gasteiger partial charge in [0.05, 0.1) is 12.8 Å². The van der Waals surface area contributed by atoms with Gasteiger partial charge in [-0.1, -0.05) is 6.07 Å². The highest BCUT2D eigenvalue weighted by Gasteiger charge is 2.05. The van der Waals surface area contributed by atoms with Crippen LogP contribution in [0, 0.1) is 0 Å². The Bertz CT molecular complexity index is 679. The zero-order chi connectivity index (χ0) is 16.7. The molecule has 0 bridgehead atoms. The van der Waals surface area contributed by atoms with E-state index in [1.807, 2.05) is 68.4 Å². The number of hydrazone groups is 1. The Morgan fingerprint density at radius 1 is 1.22 bits per heavy atom. The van der Waals surface area contributed by atoms with Gasteiger partial charge in [0.25, 0.3) is 5.91 Å². The topological polar surface area (TPSA) is 53.9 Å². The lowest BCUT2D eigenvalue weighted by molar-refractivity contribution is 0.0955. The molecule has 0 aliphatic rings. The summed E-state index contributed by atoms with van der Waals surface area (Å²) >= 11 is 0. The third kappa shape index (κ3) is 4.85. The Labute approximate surface area is 136 Å². The minimum Gasteiger partial charge on any atom is -0.494 e. The molecule has 5 heteroatoms. The SMILES string of the molecule is CCOc1ccc(/C=N/NC(=O)c2cccc(N(C)C)c2)cc1. The Kier molecular flexibility index (Phi) is 5.74. The fourth-order valence-corrected chi connectivity index (χ4v) is 1.97. The number of nitrogens with one attached hydrogen (secondary N) is 1. The highest BCUT2D eigenvalue weighted by molar-refractivity contribution is 5.95. The highest BCUT2D eigenvalue weighted by Crippen LogP contribution is 2.13. The van der Waals surface area contributed by atoms with E-state index in [4.69, 9.17) is 4.74 Å². The summed E-state index contributed by atoms with van der Waals surface area (Å²) in [5, 5.41) is 3.99. The van der Waals surface area contributed by atoms with Crippen LogP contribution in [0.1, 0.15) is 22.8 Å². The number of hydrogen-bond acceptors (Lipinski definition) is 4. The average molecular weight is 311 g/mol. The van der Waals surface area contributed by atoms with Crippen molar-refractivity contribution in [1.82, 2.24) is 5.43 Å². The van der Waals surface area contributed by atoms with Crippen molar-refractivity contribution in [3.63, 3.8) is 0 Å². The van der Waals surface area contributed by atoms with Crippen molar-refractivity contribution in [2.75, 3.05) is 25.6 Å². The van der Waals surface area contributed by atoms with Gasteiger partial charge in [0.1, 0.15) is 5.75 Å². The molecule has 23 heavy (non-hydrogen) atoms. The van der Waals surface area contributed by atoms with Crippen LogP contribution in [0.4, 0.5) is 5.69 Å². The van der Waals surface area contributed by atoms with Crippen molar-refractivity contribution in [2.24, 2.45) is 5.10 Å². The van der Waals surface area contributed by atoms with E-state index >= 15 is 0 Å². The molecule has 0 heterocycles. The lowest BCUT2D eigenvalue weighted by atomic mass is 10.2. The molecule has 0 saturated carbocycles. The smallest absolute Gasteiger partial charge is 0.271 e. The Balaban J connectivity index is 1.96. The first-order valence-electron chi connectivity index (χ1n) is 7.44. The van der Waals surface area contributed by atoms with E-state index in [9.17, 15) is 4.79 Å². The summed E-state index contributed by atoms with van der Waals surface area (Å²) < 4.78 is 5.37. The third-order valence-electron chi connectivity index (χ3n) is 3.20. The van der Waals surface area contributed by atoms with E-state index in [-0.39, 0.29) is 5.91 Å². The van der Waals surface area contributed by atoms with Gasteiger partial charge in [-0.3, -0.25) is 4.79 Å². The van der Waals surface area contributed by atoms with Crippen molar-refractivity contribution in [1.29, 1.82) is 0 Å². The lowest BCUT2D eigenvalue weighted by Crippen LogP contribution is -2.18. The van der Waals surface area contributed by atoms with Gasteiger partial charge in [-0.2, -0.15) is 5.10 Å². The molecule has 0 unspecified atom stereocenters. The molecule has 120 valence electrons. The monoisotopic (exact) mass is 311 g/mol. The molecular weight excluding hydrogens is 290 g/mol. The van der Waals surface area contributed by atoms with E-state index in [1.54, 1.807) is 12.3 Å². The number of rotatable bonds is 6. The quantitative estimate of drug-likeness (QED) is 0.659. The van der Waals surface area contributed by atoms with Gasteiger partial charge in [0.15, 0.2) is 0 Å². The fraction of sp³-hybridized carbons (Fsp3) is 0.222. The highest BCUT2D eigenvalue weighted by atomic mass is 16.5. The third-order valence-corrected chi connectivity index (χ3v) is 3.20. The van der Waals surface area contributed by atoms with Crippen LogP contribution in [0.15, 0.2) is 53.6 Å². The molecule has 0 spiro atoms. The van der Waals surface area contributed by atoms with Gasteiger partial charge in [0, 0.05) is 25.3 Å². The summed E-state index contributed by atoms with van der Waals surface area (Å²) in [5.41, 5.74) is 4.95. The second kappa shape index (κ2) is 7.98. The second-order valence-corrected chi connectivity index (χ2v) is 5.15. The molecule has 2 aromatic carbocycles. The van der Waals surface area contributed by atoms with Crippen LogP contribution in [-0.4, -0.2) is 32.8 Å². The standard InChI is InChI=1S/C18H21N3O2/c1-4-23-17-10-8-14(9-11-17)13-19-20-18(22)15-6-5-7-16(12-15)21(2)3/h5-13H,4H2,1-3H3,(H,20,22)/b19-13+. The van der Waals surface area contributed by atoms with Gasteiger partial charge in [-0.25, -0.2) is 5.43 Å². The van der Waals surface area contributed by atoms with Crippen LogP contribution >= 0.6 is 0 Å².